The van der Waals surface area contributed by atoms with Crippen molar-refractivity contribution in [2.45, 2.75) is 46.1 Å². The molecule has 32 heavy (non-hydrogen) atoms. The molecule has 2 aromatic rings. The number of anilines is 2. The Morgan fingerprint density at radius 2 is 1.94 bits per heavy atom. The van der Waals surface area contributed by atoms with Crippen LogP contribution >= 0.6 is 0 Å². The van der Waals surface area contributed by atoms with E-state index >= 15 is 0 Å². The summed E-state index contributed by atoms with van der Waals surface area (Å²) in [7, 11) is 1.47. The van der Waals surface area contributed by atoms with Crippen LogP contribution in [0.1, 0.15) is 49.3 Å². The Balaban J connectivity index is 1.58. The second-order valence-corrected chi connectivity index (χ2v) is 8.66. The first-order valence-corrected chi connectivity index (χ1v) is 10.9. The van der Waals surface area contributed by atoms with Crippen molar-refractivity contribution in [2.75, 3.05) is 23.6 Å². The summed E-state index contributed by atoms with van der Waals surface area (Å²) >= 11 is 0. The molecule has 1 heterocycles. The first kappa shape index (κ1) is 22.1. The van der Waals surface area contributed by atoms with Crippen molar-refractivity contribution >= 4 is 17.4 Å². The molecule has 0 radical (unpaired) electrons. The Bertz CT molecular complexity index is 1060. The van der Waals surface area contributed by atoms with Crippen molar-refractivity contribution in [1.82, 2.24) is 10.4 Å². The van der Waals surface area contributed by atoms with Crippen LogP contribution in [0, 0.1) is 6.92 Å². The Kier molecular flexibility index (Phi) is 6.10. The molecule has 1 saturated carbocycles. The highest BCUT2D eigenvalue weighted by molar-refractivity contribution is 5.91. The number of nitrogens with one attached hydrogen (secondary N) is 1. The van der Waals surface area contributed by atoms with Crippen LogP contribution in [0.25, 0.3) is 0 Å². The molecule has 0 saturated heterocycles. The fourth-order valence-corrected chi connectivity index (χ4v) is 4.03. The van der Waals surface area contributed by atoms with Crippen LogP contribution in [0.5, 0.6) is 5.75 Å². The molecule has 0 unspecified atom stereocenters. The van der Waals surface area contributed by atoms with Crippen LogP contribution < -0.4 is 31.9 Å². The van der Waals surface area contributed by atoms with E-state index in [0.717, 1.165) is 52.0 Å². The number of carbonyl (C=O) groups excluding carboxylic acids is 1. The van der Waals surface area contributed by atoms with Crippen LogP contribution in [0.2, 0.25) is 0 Å². The second-order valence-electron chi connectivity index (χ2n) is 8.66. The Labute approximate surface area is 189 Å². The Hall–Kier alpha value is -3.07. The van der Waals surface area contributed by atoms with E-state index in [1.807, 2.05) is 31.2 Å². The van der Waals surface area contributed by atoms with Crippen molar-refractivity contribution in [1.29, 1.82) is 0 Å². The summed E-state index contributed by atoms with van der Waals surface area (Å²) in [5, 5.41) is 4.17. The summed E-state index contributed by atoms with van der Waals surface area (Å²) in [6, 6.07) is 11.5. The molecule has 0 spiro atoms. The first-order chi connectivity index (χ1) is 15.3. The number of allylic oxidation sites excluding steroid dienone is 1. The molecular formula is C24H32N6O2. The van der Waals surface area contributed by atoms with Gasteiger partial charge in [-0.25, -0.2) is 26.9 Å². The van der Waals surface area contributed by atoms with Gasteiger partial charge >= 0.3 is 6.03 Å². The van der Waals surface area contributed by atoms with E-state index in [2.05, 4.69) is 36.4 Å². The number of hydrogen-bond acceptors (Lipinski definition) is 6. The van der Waals surface area contributed by atoms with Gasteiger partial charge in [0.2, 0.25) is 0 Å². The number of nitrogens with two attached hydrogens (primary N) is 2. The number of amides is 2. The largest absolute Gasteiger partial charge is 0.489 e. The SMILES string of the molecule is CC1=C(C)N(c2ccc(OCc3c(C4CC4)cccc3N(N)C(=O)N(C)N)c(C)c2)NC1. The van der Waals surface area contributed by atoms with Gasteiger partial charge in [0.15, 0.2) is 0 Å². The predicted octanol–water partition coefficient (Wildman–Crippen LogP) is 3.68. The smallest absolute Gasteiger partial charge is 0.352 e. The molecule has 8 heteroatoms. The molecule has 0 atom stereocenters. The number of hydrogen-bond donors (Lipinski definition) is 3. The number of ether oxygens (including phenoxy) is 1. The van der Waals surface area contributed by atoms with E-state index in [9.17, 15) is 4.79 Å². The standard InChI is InChI=1S/C24H32N6O2/c1-15-12-19(30-17(3)16(2)13-27-30)10-11-23(15)32-14-21-20(18-8-9-18)6-5-7-22(21)29(26)24(31)28(4)25/h5-7,10-12,18,27H,8-9,13-14,25-26H2,1-4H3. The number of aryl methyl sites for hydroxylation is 1. The maximum absolute atomic E-state index is 12.4. The number of carbonyl (C=O) groups is 1. The fraction of sp³-hybridized carbons (Fsp3) is 0.375. The summed E-state index contributed by atoms with van der Waals surface area (Å²) in [5.41, 5.74) is 10.8. The van der Waals surface area contributed by atoms with Crippen LogP contribution in [0.3, 0.4) is 0 Å². The highest BCUT2D eigenvalue weighted by Crippen LogP contribution is 2.44. The highest BCUT2D eigenvalue weighted by Gasteiger charge is 2.29. The lowest BCUT2D eigenvalue weighted by molar-refractivity contribution is 0.216. The van der Waals surface area contributed by atoms with E-state index in [0.29, 0.717) is 18.2 Å². The molecule has 2 aliphatic rings. The van der Waals surface area contributed by atoms with E-state index in [1.54, 1.807) is 0 Å². The van der Waals surface area contributed by atoms with Crippen LogP contribution in [0.4, 0.5) is 16.2 Å². The molecule has 1 fully saturated rings. The number of urea groups is 1. The zero-order valence-electron chi connectivity index (χ0n) is 19.2. The third-order valence-corrected chi connectivity index (χ3v) is 6.22. The molecule has 5 N–H and O–H groups in total. The predicted molar refractivity (Wildman–Crippen MR) is 127 cm³/mol. The summed E-state index contributed by atoms with van der Waals surface area (Å²) in [4.78, 5) is 12.4. The summed E-state index contributed by atoms with van der Waals surface area (Å²) in [6.45, 7) is 7.46. The van der Waals surface area contributed by atoms with Crippen LogP contribution in [-0.4, -0.2) is 24.6 Å². The lowest BCUT2D eigenvalue weighted by atomic mass is 10.0. The summed E-state index contributed by atoms with van der Waals surface area (Å²) in [6.07, 6.45) is 2.27. The molecule has 8 nitrogen and oxygen atoms in total. The normalized spacial score (nSPS) is 15.9. The van der Waals surface area contributed by atoms with Crippen molar-refractivity contribution in [3.05, 3.63) is 64.4 Å². The molecule has 1 aliphatic heterocycles. The van der Waals surface area contributed by atoms with Gasteiger partial charge in [0.05, 0.1) is 11.4 Å². The zero-order valence-corrected chi connectivity index (χ0v) is 19.2. The van der Waals surface area contributed by atoms with Gasteiger partial charge in [-0.05, 0) is 80.5 Å². The Morgan fingerprint density at radius 3 is 2.53 bits per heavy atom. The summed E-state index contributed by atoms with van der Waals surface area (Å²) in [5.74, 6) is 13.0. The van der Waals surface area contributed by atoms with Crippen LogP contribution in [-0.2, 0) is 6.61 Å². The van der Waals surface area contributed by atoms with E-state index in [-0.39, 0.29) is 0 Å². The van der Waals surface area contributed by atoms with Gasteiger partial charge in [-0.2, -0.15) is 0 Å². The van der Waals surface area contributed by atoms with E-state index < -0.39 is 6.03 Å². The van der Waals surface area contributed by atoms with Gasteiger partial charge in [0.25, 0.3) is 0 Å². The lowest BCUT2D eigenvalue weighted by Crippen LogP contribution is -2.49. The molecule has 0 aromatic heterocycles. The van der Waals surface area contributed by atoms with Gasteiger partial charge in [-0.1, -0.05) is 12.1 Å². The highest BCUT2D eigenvalue weighted by atomic mass is 16.5. The van der Waals surface area contributed by atoms with Crippen LogP contribution in [0.15, 0.2) is 47.7 Å². The van der Waals surface area contributed by atoms with Gasteiger partial charge in [-0.15, -0.1) is 0 Å². The van der Waals surface area contributed by atoms with Crippen molar-refractivity contribution < 1.29 is 9.53 Å². The maximum atomic E-state index is 12.4. The maximum Gasteiger partial charge on any atom is 0.352 e. The first-order valence-electron chi connectivity index (χ1n) is 10.9. The molecule has 4 rings (SSSR count). The third kappa shape index (κ3) is 4.29. The quantitative estimate of drug-likeness (QED) is 0.363. The molecule has 1 aliphatic carbocycles. The number of benzene rings is 2. The van der Waals surface area contributed by atoms with Crippen molar-refractivity contribution in [3.8, 4) is 5.75 Å². The van der Waals surface area contributed by atoms with Crippen molar-refractivity contribution in [3.63, 3.8) is 0 Å². The third-order valence-electron chi connectivity index (χ3n) is 6.22. The number of rotatable bonds is 6. The molecule has 0 bridgehead atoms. The molecular weight excluding hydrogens is 404 g/mol. The fourth-order valence-electron chi connectivity index (χ4n) is 4.03. The average Bonchev–Trinajstić information content (AvgIpc) is 3.57. The second kappa shape index (κ2) is 8.82. The van der Waals surface area contributed by atoms with E-state index in [1.165, 1.54) is 23.9 Å². The van der Waals surface area contributed by atoms with Gasteiger partial charge in [0.1, 0.15) is 12.4 Å². The minimum Gasteiger partial charge on any atom is -0.489 e. The minimum absolute atomic E-state index is 0.317. The minimum atomic E-state index is -0.489. The van der Waals surface area contributed by atoms with Gasteiger partial charge in [-0.3, -0.25) is 10.0 Å². The van der Waals surface area contributed by atoms with Gasteiger partial charge < -0.3 is 4.74 Å². The molecule has 2 amide bonds. The molecule has 2 aromatic carbocycles. The number of nitrogens with zero attached hydrogens (tertiary/aromatic N) is 3. The lowest BCUT2D eigenvalue weighted by Gasteiger charge is -2.25. The van der Waals surface area contributed by atoms with Gasteiger partial charge in [0, 0.05) is 24.9 Å². The van der Waals surface area contributed by atoms with E-state index in [4.69, 9.17) is 16.4 Å². The van der Waals surface area contributed by atoms with Crippen molar-refractivity contribution in [2.24, 2.45) is 11.7 Å². The molecule has 170 valence electrons. The monoisotopic (exact) mass is 436 g/mol. The Morgan fingerprint density at radius 1 is 1.19 bits per heavy atom. The summed E-state index contributed by atoms with van der Waals surface area (Å²) < 4.78 is 6.25. The zero-order chi connectivity index (χ0) is 23.0. The topological polar surface area (TPSA) is 100 Å². The average molecular weight is 437 g/mol. The number of hydrazine groups is 3.